The van der Waals surface area contributed by atoms with Gasteiger partial charge in [0.15, 0.2) is 0 Å². The number of benzene rings is 3. The SMILES string of the molecule is CCCCCCOc1ccc(C2Oc3ccc(Cl)cc3C3CC(c4ccc(OC)cc4)=NN32)cc1. The number of hydrazone groups is 1. The van der Waals surface area contributed by atoms with Crippen LogP contribution in [0.1, 0.15) is 68.0 Å². The van der Waals surface area contributed by atoms with Crippen LogP contribution >= 0.6 is 11.6 Å². The molecule has 2 unspecified atom stereocenters. The summed E-state index contributed by atoms with van der Waals surface area (Å²) in [4.78, 5) is 0. The summed E-state index contributed by atoms with van der Waals surface area (Å²) in [5.74, 6) is 2.56. The van der Waals surface area contributed by atoms with E-state index in [1.165, 1.54) is 19.3 Å². The monoisotopic (exact) mass is 490 g/mol. The molecule has 0 aromatic heterocycles. The lowest BCUT2D eigenvalue weighted by molar-refractivity contribution is -0.0190. The van der Waals surface area contributed by atoms with E-state index in [-0.39, 0.29) is 12.3 Å². The van der Waals surface area contributed by atoms with Crippen molar-refractivity contribution in [1.29, 1.82) is 0 Å². The van der Waals surface area contributed by atoms with E-state index in [1.54, 1.807) is 7.11 Å². The third kappa shape index (κ3) is 5.10. The maximum Gasteiger partial charge on any atom is 0.213 e. The summed E-state index contributed by atoms with van der Waals surface area (Å²) in [6.45, 7) is 2.96. The van der Waals surface area contributed by atoms with Gasteiger partial charge in [-0.3, -0.25) is 0 Å². The molecule has 2 atom stereocenters. The van der Waals surface area contributed by atoms with E-state index in [2.05, 4.69) is 36.2 Å². The van der Waals surface area contributed by atoms with Crippen molar-refractivity contribution in [2.75, 3.05) is 13.7 Å². The molecule has 0 fully saturated rings. The van der Waals surface area contributed by atoms with Gasteiger partial charge in [-0.15, -0.1) is 0 Å². The van der Waals surface area contributed by atoms with E-state index in [1.807, 2.05) is 42.5 Å². The van der Waals surface area contributed by atoms with Crippen molar-refractivity contribution in [2.24, 2.45) is 5.10 Å². The maximum absolute atomic E-state index is 6.47. The molecule has 6 heteroatoms. The molecule has 5 rings (SSSR count). The van der Waals surface area contributed by atoms with E-state index >= 15 is 0 Å². The van der Waals surface area contributed by atoms with Crippen molar-refractivity contribution >= 4 is 17.3 Å². The summed E-state index contributed by atoms with van der Waals surface area (Å²) in [5, 5.41) is 7.80. The molecular weight excluding hydrogens is 460 g/mol. The van der Waals surface area contributed by atoms with E-state index in [4.69, 9.17) is 30.9 Å². The minimum absolute atomic E-state index is 0.0500. The topological polar surface area (TPSA) is 43.3 Å². The smallest absolute Gasteiger partial charge is 0.213 e. The molecule has 5 nitrogen and oxygen atoms in total. The lowest BCUT2D eigenvalue weighted by atomic mass is 9.96. The van der Waals surface area contributed by atoms with Gasteiger partial charge in [-0.05, 0) is 78.7 Å². The van der Waals surface area contributed by atoms with Crippen LogP contribution in [0.5, 0.6) is 17.2 Å². The van der Waals surface area contributed by atoms with Gasteiger partial charge >= 0.3 is 0 Å². The Balaban J connectivity index is 1.39. The first-order valence-electron chi connectivity index (χ1n) is 12.4. The Labute approximate surface area is 212 Å². The van der Waals surface area contributed by atoms with Gasteiger partial charge < -0.3 is 14.2 Å². The van der Waals surface area contributed by atoms with Crippen molar-refractivity contribution in [3.63, 3.8) is 0 Å². The van der Waals surface area contributed by atoms with Crippen LogP contribution in [0.15, 0.2) is 71.8 Å². The minimum atomic E-state index is -0.331. The lowest BCUT2D eigenvalue weighted by Crippen LogP contribution is -2.33. The number of hydrogen-bond donors (Lipinski definition) is 0. The third-order valence-electron chi connectivity index (χ3n) is 6.61. The number of rotatable bonds is 9. The lowest BCUT2D eigenvalue weighted by Gasteiger charge is -2.38. The van der Waals surface area contributed by atoms with Crippen LogP contribution in [0.2, 0.25) is 5.02 Å². The molecule has 0 N–H and O–H groups in total. The molecule has 0 amide bonds. The van der Waals surface area contributed by atoms with Crippen LogP contribution in [-0.4, -0.2) is 24.4 Å². The molecule has 0 saturated carbocycles. The molecule has 0 bridgehead atoms. The highest BCUT2D eigenvalue weighted by Crippen LogP contribution is 2.48. The normalized spacial score (nSPS) is 18.4. The number of hydrogen-bond acceptors (Lipinski definition) is 5. The molecule has 2 heterocycles. The number of nitrogens with zero attached hydrogens (tertiary/aromatic N) is 2. The quantitative estimate of drug-likeness (QED) is 0.290. The number of halogens is 1. The molecule has 3 aromatic rings. The van der Waals surface area contributed by atoms with Gasteiger partial charge in [-0.2, -0.15) is 5.10 Å². The van der Waals surface area contributed by atoms with Crippen LogP contribution < -0.4 is 14.2 Å². The maximum atomic E-state index is 6.47. The second kappa shape index (κ2) is 10.6. The summed E-state index contributed by atoms with van der Waals surface area (Å²) in [5.41, 5.74) is 4.20. The minimum Gasteiger partial charge on any atom is -0.497 e. The molecule has 2 aliphatic rings. The molecule has 0 radical (unpaired) electrons. The Hall–Kier alpha value is -3.18. The fourth-order valence-electron chi connectivity index (χ4n) is 4.68. The van der Waals surface area contributed by atoms with Crippen molar-refractivity contribution in [2.45, 2.75) is 51.3 Å². The van der Waals surface area contributed by atoms with Gasteiger partial charge in [0.25, 0.3) is 0 Å². The van der Waals surface area contributed by atoms with Crippen LogP contribution in [0.25, 0.3) is 0 Å². The molecule has 35 heavy (non-hydrogen) atoms. The first-order valence-corrected chi connectivity index (χ1v) is 12.7. The average Bonchev–Trinajstić information content (AvgIpc) is 3.35. The number of methoxy groups -OCH3 is 1. The largest absolute Gasteiger partial charge is 0.497 e. The predicted octanol–water partition coefficient (Wildman–Crippen LogP) is 7.55. The summed E-state index contributed by atoms with van der Waals surface area (Å²) in [7, 11) is 1.67. The Morgan fingerprint density at radius 3 is 2.49 bits per heavy atom. The standard InChI is InChI=1S/C29H31ClN2O3/c1-3-4-5-6-17-34-24-14-9-21(10-15-24)29-32-27(25-18-22(30)11-16-28(25)35-29)19-26(31-32)20-7-12-23(33-2)13-8-20/h7-16,18,27,29H,3-6,17,19H2,1-2H3. The van der Waals surface area contributed by atoms with E-state index in [9.17, 15) is 0 Å². The Morgan fingerprint density at radius 2 is 1.74 bits per heavy atom. The highest BCUT2D eigenvalue weighted by Gasteiger charge is 2.41. The summed E-state index contributed by atoms with van der Waals surface area (Å²) < 4.78 is 17.7. The fraction of sp³-hybridized carbons (Fsp3) is 0.345. The van der Waals surface area contributed by atoms with Crippen molar-refractivity contribution < 1.29 is 14.2 Å². The van der Waals surface area contributed by atoms with Gasteiger partial charge in [-0.1, -0.05) is 37.8 Å². The highest BCUT2D eigenvalue weighted by molar-refractivity contribution is 6.30. The highest BCUT2D eigenvalue weighted by atomic mass is 35.5. The van der Waals surface area contributed by atoms with Crippen molar-refractivity contribution in [3.05, 3.63) is 88.4 Å². The van der Waals surface area contributed by atoms with Gasteiger partial charge in [0.1, 0.15) is 17.2 Å². The Morgan fingerprint density at radius 1 is 0.971 bits per heavy atom. The summed E-state index contributed by atoms with van der Waals surface area (Å²) in [6.07, 6.45) is 5.22. The van der Waals surface area contributed by atoms with Crippen LogP contribution in [0.3, 0.4) is 0 Å². The molecule has 3 aromatic carbocycles. The Kier molecular flexibility index (Phi) is 7.14. The predicted molar refractivity (Wildman–Crippen MR) is 140 cm³/mol. The van der Waals surface area contributed by atoms with Gasteiger partial charge in [-0.25, -0.2) is 5.01 Å². The van der Waals surface area contributed by atoms with Crippen molar-refractivity contribution in [3.8, 4) is 17.2 Å². The molecular formula is C29H31ClN2O3. The molecule has 2 aliphatic heterocycles. The fourth-order valence-corrected chi connectivity index (χ4v) is 4.86. The number of unbranched alkanes of at least 4 members (excludes halogenated alkanes) is 3. The zero-order valence-corrected chi connectivity index (χ0v) is 21.0. The molecule has 0 spiro atoms. The molecule has 0 saturated heterocycles. The van der Waals surface area contributed by atoms with E-state index in [0.717, 1.165) is 59.1 Å². The second-order valence-electron chi connectivity index (χ2n) is 9.01. The van der Waals surface area contributed by atoms with E-state index in [0.29, 0.717) is 5.02 Å². The Bertz CT molecular complexity index is 1180. The molecule has 0 aliphatic carbocycles. The summed E-state index contributed by atoms with van der Waals surface area (Å²) in [6, 6.07) is 22.1. The van der Waals surface area contributed by atoms with Crippen molar-refractivity contribution in [1.82, 2.24) is 5.01 Å². The van der Waals surface area contributed by atoms with Gasteiger partial charge in [0, 0.05) is 22.6 Å². The average molecular weight is 491 g/mol. The number of ether oxygens (including phenoxy) is 3. The second-order valence-corrected chi connectivity index (χ2v) is 9.44. The zero-order chi connectivity index (χ0) is 24.2. The molecule has 182 valence electrons. The van der Waals surface area contributed by atoms with Crippen LogP contribution in [0, 0.1) is 0 Å². The van der Waals surface area contributed by atoms with E-state index < -0.39 is 0 Å². The van der Waals surface area contributed by atoms with Crippen LogP contribution in [0.4, 0.5) is 0 Å². The van der Waals surface area contributed by atoms with Crippen LogP contribution in [-0.2, 0) is 0 Å². The zero-order valence-electron chi connectivity index (χ0n) is 20.2. The first kappa shape index (κ1) is 23.6. The van der Waals surface area contributed by atoms with Gasteiger partial charge in [0.05, 0.1) is 25.5 Å². The number of fused-ring (bicyclic) bond motifs is 3. The summed E-state index contributed by atoms with van der Waals surface area (Å²) >= 11 is 6.35. The third-order valence-corrected chi connectivity index (χ3v) is 6.84. The first-order chi connectivity index (χ1) is 17.2. The van der Waals surface area contributed by atoms with Gasteiger partial charge in [0.2, 0.25) is 6.23 Å².